The van der Waals surface area contributed by atoms with Crippen LogP contribution >= 0.6 is 7.82 Å². The van der Waals surface area contributed by atoms with Crippen molar-refractivity contribution in [3.63, 3.8) is 0 Å². The fourth-order valence-corrected chi connectivity index (χ4v) is 0. The zero-order valence-electron chi connectivity index (χ0n) is 4.58. The van der Waals surface area contributed by atoms with Gasteiger partial charge >= 0.3 is 29.1 Å². The van der Waals surface area contributed by atoms with Crippen molar-refractivity contribution >= 4 is 7.82 Å². The van der Waals surface area contributed by atoms with Crippen LogP contribution in [0.2, 0.25) is 0 Å². The van der Waals surface area contributed by atoms with E-state index >= 15 is 0 Å². The first-order valence-electron chi connectivity index (χ1n) is 0.730. The van der Waals surface area contributed by atoms with Crippen LogP contribution in [0.5, 0.6) is 0 Å². The van der Waals surface area contributed by atoms with Crippen LogP contribution in [0.4, 0.5) is 0 Å². The van der Waals surface area contributed by atoms with Crippen LogP contribution in [-0.4, -0.2) is 0 Å². The Morgan fingerprint density at radius 1 is 1.33 bits per heavy atom. The molecule has 32 valence electrons. The van der Waals surface area contributed by atoms with Crippen LogP contribution in [0, 0.1) is 0 Å². The molecule has 0 radical (unpaired) electrons. The van der Waals surface area contributed by atoms with E-state index in [-0.39, 0.29) is 29.1 Å². The molecule has 0 aliphatic heterocycles. The third-order valence-corrected chi connectivity index (χ3v) is 0. The van der Waals surface area contributed by atoms with Gasteiger partial charge in [-0.25, -0.2) is 0 Å². The molecule has 0 aliphatic rings. The fourth-order valence-electron chi connectivity index (χ4n) is 0. The maximum Gasteiger partial charge on any atom is 4.00 e. The van der Waals surface area contributed by atoms with Gasteiger partial charge in [0, 0.05) is 0 Å². The Morgan fingerprint density at radius 2 is 1.33 bits per heavy atom. The normalized spacial score (nSPS) is 9.83. The second-order valence-electron chi connectivity index (χ2n) is 0.447. The van der Waals surface area contributed by atoms with Gasteiger partial charge in [0.05, 0.1) is 0 Å². The molecule has 0 atom stereocenters. The molecule has 0 N–H and O–H groups in total. The van der Waals surface area contributed by atoms with Crippen molar-refractivity contribution in [2.45, 2.75) is 0 Å². The van der Waals surface area contributed by atoms with Crippen LogP contribution < -0.4 is 14.7 Å². The minimum absolute atomic E-state index is 0. The smallest absolute Gasteiger partial charge is 0.822 e. The van der Waals surface area contributed by atoms with Gasteiger partial charge < -0.3 is 19.2 Å². The predicted molar refractivity (Wildman–Crippen MR) is 9.83 cm³/mol. The molecular weight excluding hydrogens is 186 g/mol. The fraction of sp³-hybridized carbons (Fsp3) is 0. The van der Waals surface area contributed by atoms with Gasteiger partial charge in [0.25, 0.3) is 0 Å². The Kier molecular flexibility index (Phi) is 5.13. The van der Waals surface area contributed by atoms with E-state index in [1.165, 1.54) is 0 Å². The van der Waals surface area contributed by atoms with Crippen LogP contribution in [0.15, 0.2) is 0 Å². The molecule has 0 unspecified atom stereocenters. The summed E-state index contributed by atoms with van der Waals surface area (Å²) in [5.74, 6) is 0. The summed E-state index contributed by atoms with van der Waals surface area (Å²) in [4.78, 5) is 25.6. The van der Waals surface area contributed by atoms with E-state index < -0.39 is 7.82 Å². The summed E-state index contributed by atoms with van der Waals surface area (Å²) in [7, 11) is -5.39. The van der Waals surface area contributed by atoms with Crippen molar-refractivity contribution in [2.75, 3.05) is 0 Å². The van der Waals surface area contributed by atoms with Gasteiger partial charge in [0.15, 0.2) is 0 Å². The standard InChI is InChI=1S/H3O4P.Zr/c1-5(2,3)4;/h(H3,1,2,3,4);/q;+4/p-1. The second kappa shape index (κ2) is 3.06. The third-order valence-electron chi connectivity index (χ3n) is 0. The van der Waals surface area contributed by atoms with E-state index in [0.29, 0.717) is 0 Å². The van der Waals surface area contributed by atoms with Gasteiger partial charge in [-0.3, -0.25) is 0 Å². The molecule has 6 heavy (non-hydrogen) atoms. The minimum atomic E-state index is -5.39. The summed E-state index contributed by atoms with van der Waals surface area (Å²) in [5, 5.41) is 0. The SMILES string of the molecule is O=P([O-])([O-])[O-].[H+].[H+].[Zr+4]. The summed E-state index contributed by atoms with van der Waals surface area (Å²) >= 11 is 0. The Hall–Kier alpha value is 0.993. The van der Waals surface area contributed by atoms with Crippen molar-refractivity contribution in [1.29, 1.82) is 0 Å². The molecule has 0 spiro atoms. The number of rotatable bonds is 0. The monoisotopic (exact) mass is 187 g/mol. The molecular formula is H2O4PZr+3. The molecule has 0 heterocycles. The van der Waals surface area contributed by atoms with E-state index in [1.54, 1.807) is 0 Å². The van der Waals surface area contributed by atoms with Crippen LogP contribution in [-0.2, 0) is 30.8 Å². The molecule has 0 aromatic rings. The summed E-state index contributed by atoms with van der Waals surface area (Å²) in [6.07, 6.45) is 0. The molecule has 0 saturated carbocycles. The van der Waals surface area contributed by atoms with E-state index in [2.05, 4.69) is 0 Å². The van der Waals surface area contributed by atoms with Crippen molar-refractivity contribution in [3.05, 3.63) is 0 Å². The topological polar surface area (TPSA) is 86.2 Å². The van der Waals surface area contributed by atoms with E-state index in [1.807, 2.05) is 0 Å². The Labute approximate surface area is 56.5 Å². The number of phosphoric acid groups is 1. The van der Waals surface area contributed by atoms with Crippen molar-refractivity contribution < 1.29 is 48.3 Å². The van der Waals surface area contributed by atoms with Gasteiger partial charge in [-0.05, 0) is 0 Å². The molecule has 0 bridgehead atoms. The Morgan fingerprint density at radius 3 is 1.33 bits per heavy atom. The van der Waals surface area contributed by atoms with Crippen LogP contribution in [0.1, 0.15) is 2.85 Å². The predicted octanol–water partition coefficient (Wildman–Crippen LogP) is -2.60. The van der Waals surface area contributed by atoms with Gasteiger partial charge in [0.1, 0.15) is 0 Å². The van der Waals surface area contributed by atoms with E-state index in [0.717, 1.165) is 0 Å². The molecule has 0 saturated heterocycles. The summed E-state index contributed by atoms with van der Waals surface area (Å²) in [6.45, 7) is 0. The maximum atomic E-state index is 8.55. The van der Waals surface area contributed by atoms with Crippen molar-refractivity contribution in [3.8, 4) is 0 Å². The van der Waals surface area contributed by atoms with Crippen molar-refractivity contribution in [1.82, 2.24) is 0 Å². The van der Waals surface area contributed by atoms with E-state index in [9.17, 15) is 0 Å². The van der Waals surface area contributed by atoms with Gasteiger partial charge in [-0.1, -0.05) is 0 Å². The first-order chi connectivity index (χ1) is 2.00. The molecule has 4 nitrogen and oxygen atoms in total. The van der Waals surface area contributed by atoms with Gasteiger partial charge in [0.2, 0.25) is 0 Å². The van der Waals surface area contributed by atoms with Gasteiger partial charge in [-0.15, -0.1) is 0 Å². The maximum absolute atomic E-state index is 8.55. The summed E-state index contributed by atoms with van der Waals surface area (Å²) < 4.78 is 8.55. The molecule has 0 rings (SSSR count). The zero-order valence-corrected chi connectivity index (χ0v) is 5.93. The molecule has 6 heteroatoms. The molecule has 0 aliphatic carbocycles. The summed E-state index contributed by atoms with van der Waals surface area (Å²) in [6, 6.07) is 0. The average Bonchev–Trinajstić information content (AvgIpc) is 0.722. The first-order valence-corrected chi connectivity index (χ1v) is 2.19. The van der Waals surface area contributed by atoms with Crippen LogP contribution in [0.3, 0.4) is 0 Å². The molecule has 0 aromatic carbocycles. The number of hydrogen-bond acceptors (Lipinski definition) is 4. The Balaban J connectivity index is -0.0000000267. The van der Waals surface area contributed by atoms with Gasteiger partial charge in [-0.2, -0.15) is 7.82 Å². The largest absolute Gasteiger partial charge is 4.00 e. The quantitative estimate of drug-likeness (QED) is 0.390. The summed E-state index contributed by atoms with van der Waals surface area (Å²) in [5.41, 5.74) is 0. The zero-order chi connectivity index (χ0) is 4.50. The van der Waals surface area contributed by atoms with Crippen LogP contribution in [0.25, 0.3) is 0 Å². The average molecular weight is 188 g/mol. The third kappa shape index (κ3) is 80.7. The van der Waals surface area contributed by atoms with Crippen molar-refractivity contribution in [2.24, 2.45) is 0 Å². The molecule has 0 fully saturated rings. The first kappa shape index (κ1) is 10.1. The Bertz CT molecular complexity index is 60.2. The number of hydrogen-bond donors (Lipinski definition) is 0. The minimum Gasteiger partial charge on any atom is -0.822 e. The second-order valence-corrected chi connectivity index (χ2v) is 1.34. The molecule has 0 amide bonds. The van der Waals surface area contributed by atoms with E-state index in [4.69, 9.17) is 19.2 Å². The molecule has 0 aromatic heterocycles.